The number of aryl methyl sites for hydroxylation is 1. The van der Waals surface area contributed by atoms with E-state index >= 15 is 0 Å². The number of nitrogens with zero attached hydrogens (tertiary/aromatic N) is 5. The molecule has 0 aliphatic carbocycles. The molecule has 0 radical (unpaired) electrons. The van der Waals surface area contributed by atoms with Crippen molar-refractivity contribution in [2.45, 2.75) is 18.7 Å². The third kappa shape index (κ3) is 4.39. The predicted octanol–water partition coefficient (Wildman–Crippen LogP) is 4.41. The van der Waals surface area contributed by atoms with Crippen molar-refractivity contribution in [1.82, 2.24) is 19.0 Å². The lowest BCUT2D eigenvalue weighted by Crippen LogP contribution is -2.50. The second kappa shape index (κ2) is 9.53. The molecule has 0 bridgehead atoms. The minimum Gasteiger partial charge on any atom is -0.335 e. The zero-order valence-electron chi connectivity index (χ0n) is 19.9. The van der Waals surface area contributed by atoms with Gasteiger partial charge in [0.15, 0.2) is 0 Å². The zero-order valence-corrected chi connectivity index (χ0v) is 22.3. The van der Waals surface area contributed by atoms with Crippen LogP contribution in [0.4, 0.5) is 5.69 Å². The number of benzene rings is 2. The van der Waals surface area contributed by atoms with Crippen LogP contribution in [0.1, 0.15) is 21.1 Å². The second-order valence-electron chi connectivity index (χ2n) is 8.63. The molecule has 4 aromatic rings. The Morgan fingerprint density at radius 2 is 1.76 bits per heavy atom. The van der Waals surface area contributed by atoms with Gasteiger partial charge < -0.3 is 4.90 Å². The van der Waals surface area contributed by atoms with Gasteiger partial charge in [0, 0.05) is 48.4 Å². The van der Waals surface area contributed by atoms with Crippen molar-refractivity contribution in [3.05, 3.63) is 79.9 Å². The number of amides is 1. The number of piperazine rings is 1. The van der Waals surface area contributed by atoms with Gasteiger partial charge in [0.2, 0.25) is 10.0 Å². The van der Waals surface area contributed by atoms with Gasteiger partial charge in [-0.1, -0.05) is 29.8 Å². The molecule has 1 amide bonds. The Bertz CT molecular complexity index is 1640. The maximum absolute atomic E-state index is 13.6. The van der Waals surface area contributed by atoms with Crippen LogP contribution in [-0.2, 0) is 10.0 Å². The van der Waals surface area contributed by atoms with Gasteiger partial charge in [0.05, 0.1) is 27.0 Å². The van der Waals surface area contributed by atoms with Crippen LogP contribution < -0.4 is 0 Å². The third-order valence-corrected chi connectivity index (χ3v) is 10.2. The van der Waals surface area contributed by atoms with E-state index in [1.54, 1.807) is 23.4 Å². The van der Waals surface area contributed by atoms with Crippen LogP contribution in [0.25, 0.3) is 15.8 Å². The molecule has 13 heteroatoms. The average Bonchev–Trinajstić information content (AvgIpc) is 3.39. The van der Waals surface area contributed by atoms with Gasteiger partial charge in [-0.2, -0.15) is 9.40 Å². The number of para-hydroxylation sites is 1. The predicted molar refractivity (Wildman–Crippen MR) is 141 cm³/mol. The summed E-state index contributed by atoms with van der Waals surface area (Å²) in [6.45, 7) is 4.02. The van der Waals surface area contributed by atoms with E-state index in [1.165, 1.54) is 22.5 Å². The number of fused-ring (bicyclic) bond motifs is 1. The highest BCUT2D eigenvalue weighted by Gasteiger charge is 2.35. The van der Waals surface area contributed by atoms with E-state index in [0.717, 1.165) is 17.0 Å². The van der Waals surface area contributed by atoms with E-state index < -0.39 is 14.9 Å². The highest BCUT2D eigenvalue weighted by atomic mass is 35.5. The number of carbonyl (C=O) groups excluding carboxylic acids is 1. The fourth-order valence-electron chi connectivity index (χ4n) is 4.53. The molecule has 0 spiro atoms. The van der Waals surface area contributed by atoms with Crippen molar-refractivity contribution in [3.63, 3.8) is 0 Å². The minimum atomic E-state index is -3.84. The molecule has 1 aliphatic heterocycles. The molecule has 0 atom stereocenters. The Hall–Kier alpha value is -3.32. The summed E-state index contributed by atoms with van der Waals surface area (Å²) in [6.07, 6.45) is 0. The normalized spacial score (nSPS) is 14.8. The summed E-state index contributed by atoms with van der Waals surface area (Å²) in [5.74, 6) is -0.324. The number of nitro benzene ring substituents is 1. The molecule has 2 aromatic carbocycles. The molecule has 2 aromatic heterocycles. The van der Waals surface area contributed by atoms with Gasteiger partial charge in [-0.3, -0.25) is 14.9 Å². The monoisotopic (exact) mass is 559 g/mol. The second-order valence-corrected chi connectivity index (χ2v) is 11.9. The van der Waals surface area contributed by atoms with Crippen LogP contribution in [0.3, 0.4) is 0 Å². The number of halogens is 1. The molecule has 0 N–H and O–H groups in total. The van der Waals surface area contributed by atoms with Crippen LogP contribution in [0.2, 0.25) is 5.02 Å². The van der Waals surface area contributed by atoms with Crippen molar-refractivity contribution < 1.29 is 18.1 Å². The van der Waals surface area contributed by atoms with Crippen LogP contribution in [-0.4, -0.2) is 64.4 Å². The molecular formula is C24H22ClN5O5S2. The van der Waals surface area contributed by atoms with Crippen molar-refractivity contribution in [2.24, 2.45) is 0 Å². The van der Waals surface area contributed by atoms with E-state index in [4.69, 9.17) is 11.6 Å². The topological polar surface area (TPSA) is 119 Å². The smallest absolute Gasteiger partial charge is 0.270 e. The summed E-state index contributed by atoms with van der Waals surface area (Å²) < 4.78 is 30.7. The molecule has 5 rings (SSSR count). The fourth-order valence-corrected chi connectivity index (χ4v) is 7.82. The molecule has 0 saturated carbocycles. The third-order valence-electron chi connectivity index (χ3n) is 6.37. The number of non-ortho nitro benzene ring substituents is 1. The first-order valence-corrected chi connectivity index (χ1v) is 14.0. The van der Waals surface area contributed by atoms with E-state index in [2.05, 4.69) is 5.10 Å². The van der Waals surface area contributed by atoms with Crippen molar-refractivity contribution in [2.75, 3.05) is 26.2 Å². The first kappa shape index (κ1) is 25.3. The summed E-state index contributed by atoms with van der Waals surface area (Å²) in [5, 5.41) is 16.4. The summed E-state index contributed by atoms with van der Waals surface area (Å²) >= 11 is 7.54. The first-order chi connectivity index (χ1) is 17.6. The maximum Gasteiger partial charge on any atom is 0.270 e. The van der Waals surface area contributed by atoms with E-state index in [0.29, 0.717) is 21.5 Å². The van der Waals surface area contributed by atoms with Gasteiger partial charge in [0.25, 0.3) is 11.6 Å². The van der Waals surface area contributed by atoms with E-state index in [1.807, 2.05) is 30.3 Å². The van der Waals surface area contributed by atoms with Crippen LogP contribution in [0, 0.1) is 24.0 Å². The van der Waals surface area contributed by atoms with Crippen molar-refractivity contribution in [3.8, 4) is 5.69 Å². The SMILES string of the molecule is Cc1nn(-c2ccccc2)c(C)c1S(=O)(=O)N1CCN(C(=O)c2sc3cc([N+](=O)[O-])ccc3c2Cl)CC1. The minimum absolute atomic E-state index is 0.0792. The Balaban J connectivity index is 1.35. The van der Waals surface area contributed by atoms with Crippen LogP contribution in [0.15, 0.2) is 53.4 Å². The standard InChI is InChI=1S/C24H22ClN5O5S2/c1-15-23(16(2)29(26-15)17-6-4-3-5-7-17)37(34,35)28-12-10-27(11-13-28)24(31)22-21(25)19-9-8-18(30(32)33)14-20(19)36-22/h3-9,14H,10-13H2,1-2H3. The number of sulfonamides is 1. The first-order valence-electron chi connectivity index (χ1n) is 11.4. The average molecular weight is 560 g/mol. The summed E-state index contributed by atoms with van der Waals surface area (Å²) in [6, 6.07) is 13.6. The molecule has 3 heterocycles. The number of carbonyl (C=O) groups is 1. The lowest BCUT2D eigenvalue weighted by atomic mass is 10.2. The zero-order chi connectivity index (χ0) is 26.5. The van der Waals surface area contributed by atoms with Gasteiger partial charge >= 0.3 is 0 Å². The largest absolute Gasteiger partial charge is 0.335 e. The summed E-state index contributed by atoms with van der Waals surface area (Å²) in [5.41, 5.74) is 1.62. The number of rotatable bonds is 5. The number of nitro groups is 1. The number of thiophene rings is 1. The summed E-state index contributed by atoms with van der Waals surface area (Å²) in [4.78, 5) is 25.8. The van der Waals surface area contributed by atoms with Crippen LogP contribution in [0.5, 0.6) is 0 Å². The fraction of sp³-hybridized carbons (Fsp3) is 0.250. The molecular weight excluding hydrogens is 538 g/mol. The number of hydrogen-bond donors (Lipinski definition) is 0. The van der Waals surface area contributed by atoms with Gasteiger partial charge in [-0.15, -0.1) is 11.3 Å². The Morgan fingerprint density at radius 3 is 2.41 bits per heavy atom. The van der Waals surface area contributed by atoms with Crippen molar-refractivity contribution in [1.29, 1.82) is 0 Å². The Morgan fingerprint density at radius 1 is 1.08 bits per heavy atom. The molecule has 0 unspecified atom stereocenters. The Kier molecular flexibility index (Phi) is 6.52. The van der Waals surface area contributed by atoms with E-state index in [-0.39, 0.29) is 52.6 Å². The van der Waals surface area contributed by atoms with Gasteiger partial charge in [-0.05, 0) is 32.0 Å². The highest BCUT2D eigenvalue weighted by molar-refractivity contribution is 7.89. The van der Waals surface area contributed by atoms with Gasteiger partial charge in [-0.25, -0.2) is 13.1 Å². The molecule has 37 heavy (non-hydrogen) atoms. The molecule has 1 saturated heterocycles. The molecule has 1 aliphatic rings. The lowest BCUT2D eigenvalue weighted by Gasteiger charge is -2.33. The molecule has 1 fully saturated rings. The van der Waals surface area contributed by atoms with E-state index in [9.17, 15) is 23.3 Å². The number of aromatic nitrogens is 2. The molecule has 10 nitrogen and oxygen atoms in total. The summed E-state index contributed by atoms with van der Waals surface area (Å²) in [7, 11) is -3.84. The molecule has 192 valence electrons. The van der Waals surface area contributed by atoms with Crippen LogP contribution >= 0.6 is 22.9 Å². The van der Waals surface area contributed by atoms with Crippen molar-refractivity contribution >= 4 is 54.6 Å². The Labute approximate surface area is 221 Å². The highest BCUT2D eigenvalue weighted by Crippen LogP contribution is 2.38. The van der Waals surface area contributed by atoms with Gasteiger partial charge in [0.1, 0.15) is 9.77 Å². The maximum atomic E-state index is 13.6. The quantitative estimate of drug-likeness (QED) is 0.264. The lowest BCUT2D eigenvalue weighted by molar-refractivity contribution is -0.384. The number of hydrogen-bond acceptors (Lipinski definition) is 7.